The van der Waals surface area contributed by atoms with Gasteiger partial charge in [0.05, 0.1) is 0 Å². The number of para-hydroxylation sites is 1. The molecule has 1 aliphatic heterocycles. The van der Waals surface area contributed by atoms with Crippen molar-refractivity contribution in [1.82, 2.24) is 4.90 Å². The molecule has 0 unspecified atom stereocenters. The SMILES string of the molecule is C=C(C(=O)OCCN1CCN(c2ccccc2)CC1)[C@@H]1CC[C@H](C)[C@@H]2CC(=O)C(C)=C2C1. The van der Waals surface area contributed by atoms with Gasteiger partial charge < -0.3 is 9.64 Å². The monoisotopic (exact) mass is 436 g/mol. The Bertz CT molecular complexity index is 883. The zero-order valence-corrected chi connectivity index (χ0v) is 19.5. The number of ketones is 1. The molecule has 5 heteroatoms. The Morgan fingerprint density at radius 1 is 1.09 bits per heavy atom. The van der Waals surface area contributed by atoms with Crippen LogP contribution >= 0.6 is 0 Å². The molecule has 0 N–H and O–H groups in total. The highest BCUT2D eigenvalue weighted by molar-refractivity contribution is 5.98. The summed E-state index contributed by atoms with van der Waals surface area (Å²) in [6, 6.07) is 10.5. The molecule has 0 spiro atoms. The second-order valence-electron chi connectivity index (χ2n) is 9.67. The molecule has 3 aliphatic rings. The summed E-state index contributed by atoms with van der Waals surface area (Å²) in [5.74, 6) is 0.922. The average Bonchev–Trinajstić information content (AvgIpc) is 2.99. The fourth-order valence-electron chi connectivity index (χ4n) is 5.51. The summed E-state index contributed by atoms with van der Waals surface area (Å²) >= 11 is 0. The van der Waals surface area contributed by atoms with Crippen molar-refractivity contribution in [2.24, 2.45) is 17.8 Å². The van der Waals surface area contributed by atoms with Gasteiger partial charge in [0.2, 0.25) is 0 Å². The first-order chi connectivity index (χ1) is 15.4. The Morgan fingerprint density at radius 3 is 2.53 bits per heavy atom. The van der Waals surface area contributed by atoms with Gasteiger partial charge in [0.25, 0.3) is 0 Å². The van der Waals surface area contributed by atoms with Crippen LogP contribution in [0.1, 0.15) is 39.5 Å². The number of esters is 1. The van der Waals surface area contributed by atoms with Crippen LogP contribution < -0.4 is 4.90 Å². The molecule has 5 nitrogen and oxygen atoms in total. The Balaban J connectivity index is 1.23. The molecule has 2 aliphatic carbocycles. The van der Waals surface area contributed by atoms with Gasteiger partial charge in [0, 0.05) is 50.4 Å². The number of anilines is 1. The second kappa shape index (κ2) is 10.0. The Kier molecular flexibility index (Phi) is 7.14. The summed E-state index contributed by atoms with van der Waals surface area (Å²) in [4.78, 5) is 29.7. The van der Waals surface area contributed by atoms with E-state index in [0.717, 1.165) is 57.6 Å². The third-order valence-corrected chi connectivity index (χ3v) is 7.77. The molecule has 1 saturated carbocycles. The predicted octanol–water partition coefficient (Wildman–Crippen LogP) is 4.25. The molecule has 172 valence electrons. The molecule has 1 aromatic rings. The standard InChI is InChI=1S/C27H36N2O3/c1-19-9-10-22(17-25-21(3)26(30)18-24(19)25)20(2)27(31)32-16-15-28-11-13-29(14-12-28)23-7-5-4-6-8-23/h4-8,19,22,24H,2,9-18H2,1,3H3/t19-,22+,24-/m0/s1. The minimum atomic E-state index is -0.272. The minimum Gasteiger partial charge on any atom is -0.461 e. The van der Waals surface area contributed by atoms with Crippen LogP contribution in [0.15, 0.2) is 53.6 Å². The molecule has 1 heterocycles. The first kappa shape index (κ1) is 22.8. The van der Waals surface area contributed by atoms with Gasteiger partial charge in [-0.05, 0) is 61.6 Å². The number of hydrogen-bond acceptors (Lipinski definition) is 5. The maximum Gasteiger partial charge on any atom is 0.333 e. The highest BCUT2D eigenvalue weighted by Gasteiger charge is 2.38. The largest absolute Gasteiger partial charge is 0.461 e. The molecular weight excluding hydrogens is 400 g/mol. The maximum absolute atomic E-state index is 12.7. The van der Waals surface area contributed by atoms with Crippen LogP contribution in [0.3, 0.4) is 0 Å². The van der Waals surface area contributed by atoms with E-state index in [0.29, 0.717) is 30.4 Å². The van der Waals surface area contributed by atoms with Crippen molar-refractivity contribution < 1.29 is 14.3 Å². The molecule has 0 bridgehead atoms. The van der Waals surface area contributed by atoms with Gasteiger partial charge in [-0.1, -0.05) is 37.3 Å². The van der Waals surface area contributed by atoms with Crippen molar-refractivity contribution in [3.8, 4) is 0 Å². The van der Waals surface area contributed by atoms with Crippen LogP contribution in [0.4, 0.5) is 5.69 Å². The average molecular weight is 437 g/mol. The summed E-state index contributed by atoms with van der Waals surface area (Å²) in [5, 5.41) is 0. The number of nitrogens with zero attached hydrogens (tertiary/aromatic N) is 2. The third-order valence-electron chi connectivity index (χ3n) is 7.77. The number of rotatable bonds is 6. The number of carbonyl (C=O) groups excluding carboxylic acids is 2. The fourth-order valence-corrected chi connectivity index (χ4v) is 5.51. The highest BCUT2D eigenvalue weighted by atomic mass is 16.5. The quantitative estimate of drug-likeness (QED) is 0.493. The number of hydrogen-bond donors (Lipinski definition) is 0. The van der Waals surface area contributed by atoms with Crippen molar-refractivity contribution in [1.29, 1.82) is 0 Å². The Morgan fingerprint density at radius 2 is 1.81 bits per heavy atom. The van der Waals surface area contributed by atoms with E-state index in [-0.39, 0.29) is 17.7 Å². The van der Waals surface area contributed by atoms with Crippen LogP contribution in [0.2, 0.25) is 0 Å². The smallest absolute Gasteiger partial charge is 0.333 e. The summed E-state index contributed by atoms with van der Waals surface area (Å²) in [6.45, 7) is 13.4. The van der Waals surface area contributed by atoms with E-state index in [9.17, 15) is 9.59 Å². The molecule has 3 atom stereocenters. The summed E-state index contributed by atoms with van der Waals surface area (Å²) in [5.41, 5.74) is 4.02. The van der Waals surface area contributed by atoms with Gasteiger partial charge in [0.15, 0.2) is 5.78 Å². The van der Waals surface area contributed by atoms with Crippen molar-refractivity contribution in [2.45, 2.75) is 39.5 Å². The van der Waals surface area contributed by atoms with Crippen LogP contribution in [-0.4, -0.2) is 56.0 Å². The summed E-state index contributed by atoms with van der Waals surface area (Å²) in [6.07, 6.45) is 3.39. The van der Waals surface area contributed by atoms with Crippen molar-refractivity contribution in [3.05, 3.63) is 53.6 Å². The third kappa shape index (κ3) is 4.98. The van der Waals surface area contributed by atoms with Crippen molar-refractivity contribution >= 4 is 17.4 Å². The van der Waals surface area contributed by atoms with E-state index < -0.39 is 0 Å². The number of carbonyl (C=O) groups is 2. The molecule has 2 fully saturated rings. The van der Waals surface area contributed by atoms with Crippen molar-refractivity contribution in [3.63, 3.8) is 0 Å². The van der Waals surface area contributed by atoms with Crippen LogP contribution in [0.25, 0.3) is 0 Å². The zero-order valence-electron chi connectivity index (χ0n) is 19.5. The molecule has 32 heavy (non-hydrogen) atoms. The lowest BCUT2D eigenvalue weighted by atomic mass is 9.86. The van der Waals surface area contributed by atoms with E-state index >= 15 is 0 Å². The van der Waals surface area contributed by atoms with E-state index in [1.54, 1.807) is 0 Å². The van der Waals surface area contributed by atoms with E-state index in [1.165, 1.54) is 11.3 Å². The number of benzene rings is 1. The van der Waals surface area contributed by atoms with Crippen LogP contribution in [0, 0.1) is 17.8 Å². The van der Waals surface area contributed by atoms with Gasteiger partial charge in [0.1, 0.15) is 6.61 Å². The zero-order chi connectivity index (χ0) is 22.7. The maximum atomic E-state index is 12.7. The Hall–Kier alpha value is -2.40. The number of Topliss-reactive ketones (excluding diaryl/α,β-unsaturated/α-hetero) is 1. The molecule has 4 rings (SSSR count). The number of fused-ring (bicyclic) bond motifs is 1. The van der Waals surface area contributed by atoms with Gasteiger partial charge in [-0.3, -0.25) is 9.69 Å². The van der Waals surface area contributed by atoms with Crippen LogP contribution in [-0.2, 0) is 14.3 Å². The topological polar surface area (TPSA) is 49.9 Å². The van der Waals surface area contributed by atoms with E-state index in [2.05, 4.69) is 47.6 Å². The van der Waals surface area contributed by atoms with Gasteiger partial charge in [-0.2, -0.15) is 0 Å². The molecule has 1 aromatic carbocycles. The number of allylic oxidation sites excluding steroid dienone is 2. The predicted molar refractivity (Wildman–Crippen MR) is 128 cm³/mol. The van der Waals surface area contributed by atoms with Gasteiger partial charge >= 0.3 is 5.97 Å². The number of piperazine rings is 1. The first-order valence-electron chi connectivity index (χ1n) is 12.0. The van der Waals surface area contributed by atoms with Crippen molar-refractivity contribution in [2.75, 3.05) is 44.2 Å². The molecular formula is C27H36N2O3. The molecule has 1 saturated heterocycles. The summed E-state index contributed by atoms with van der Waals surface area (Å²) in [7, 11) is 0. The van der Waals surface area contributed by atoms with E-state index in [4.69, 9.17) is 4.74 Å². The summed E-state index contributed by atoms with van der Waals surface area (Å²) < 4.78 is 5.62. The van der Waals surface area contributed by atoms with Gasteiger partial charge in [-0.25, -0.2) is 4.79 Å². The normalized spacial score (nSPS) is 26.6. The second-order valence-corrected chi connectivity index (χ2v) is 9.67. The minimum absolute atomic E-state index is 0.0835. The fraction of sp³-hybridized carbons (Fsp3) is 0.556. The molecule has 0 radical (unpaired) electrons. The van der Waals surface area contributed by atoms with Gasteiger partial charge in [-0.15, -0.1) is 0 Å². The molecule has 0 amide bonds. The van der Waals surface area contributed by atoms with Crippen LogP contribution in [0.5, 0.6) is 0 Å². The first-order valence-corrected chi connectivity index (χ1v) is 12.0. The highest BCUT2D eigenvalue weighted by Crippen LogP contribution is 2.45. The lowest BCUT2D eigenvalue weighted by Gasteiger charge is -2.36. The lowest BCUT2D eigenvalue weighted by Crippen LogP contribution is -2.47. The lowest BCUT2D eigenvalue weighted by molar-refractivity contribution is -0.140. The Labute approximate surface area is 192 Å². The number of ether oxygens (including phenoxy) is 1. The molecule has 0 aromatic heterocycles. The van der Waals surface area contributed by atoms with E-state index in [1.807, 2.05) is 13.0 Å².